The fourth-order valence-corrected chi connectivity index (χ4v) is 3.62. The van der Waals surface area contributed by atoms with Gasteiger partial charge in [0.05, 0.1) is 17.0 Å². The van der Waals surface area contributed by atoms with Gasteiger partial charge in [-0.2, -0.15) is 0 Å². The Morgan fingerprint density at radius 2 is 1.68 bits per heavy atom. The first-order chi connectivity index (χ1) is 14.7. The fourth-order valence-electron chi connectivity index (χ4n) is 3.02. The van der Waals surface area contributed by atoms with Crippen LogP contribution >= 0.6 is 23.2 Å². The molecule has 2 N–H and O–H groups in total. The number of carbonyl (C=O) groups is 3. The molecule has 0 radical (unpaired) electrons. The Kier molecular flexibility index (Phi) is 6.68. The van der Waals surface area contributed by atoms with Gasteiger partial charge in [-0.1, -0.05) is 35.3 Å². The second-order valence-corrected chi connectivity index (χ2v) is 7.59. The molecule has 160 valence electrons. The zero-order valence-corrected chi connectivity index (χ0v) is 17.8. The number of hydrogen-bond acceptors (Lipinski definition) is 4. The number of hydrogen-bond donors (Lipinski definition) is 2. The van der Waals surface area contributed by atoms with Gasteiger partial charge in [0.25, 0.3) is 5.91 Å². The van der Waals surface area contributed by atoms with Crippen LogP contribution in [0.25, 0.3) is 10.8 Å². The molecule has 31 heavy (non-hydrogen) atoms. The van der Waals surface area contributed by atoms with Gasteiger partial charge in [0.1, 0.15) is 5.75 Å². The maximum Gasteiger partial charge on any atom is 0.335 e. The van der Waals surface area contributed by atoms with Crippen LogP contribution in [0.5, 0.6) is 5.75 Å². The van der Waals surface area contributed by atoms with Crippen molar-refractivity contribution in [1.82, 2.24) is 0 Å². The van der Waals surface area contributed by atoms with Gasteiger partial charge in [0.2, 0.25) is 0 Å². The molecule has 0 aliphatic rings. The smallest absolute Gasteiger partial charge is 0.335 e. The van der Waals surface area contributed by atoms with E-state index < -0.39 is 17.8 Å². The third-order valence-electron chi connectivity index (χ3n) is 4.58. The molecule has 0 atom stereocenters. The van der Waals surface area contributed by atoms with E-state index in [1.807, 2.05) is 0 Å². The van der Waals surface area contributed by atoms with Gasteiger partial charge in [0.15, 0.2) is 6.61 Å². The zero-order valence-electron chi connectivity index (χ0n) is 16.3. The van der Waals surface area contributed by atoms with Crippen molar-refractivity contribution in [2.24, 2.45) is 0 Å². The zero-order chi connectivity index (χ0) is 22.7. The molecule has 9 heteroatoms. The van der Waals surface area contributed by atoms with E-state index in [1.54, 1.807) is 37.4 Å². The molecule has 0 bridgehead atoms. The van der Waals surface area contributed by atoms with Crippen LogP contribution in [0.15, 0.2) is 48.5 Å². The molecule has 7 nitrogen and oxygen atoms in total. The van der Waals surface area contributed by atoms with Crippen LogP contribution < -0.4 is 9.64 Å². The summed E-state index contributed by atoms with van der Waals surface area (Å²) >= 11 is 12.3. The first kappa shape index (κ1) is 22.4. The van der Waals surface area contributed by atoms with Crippen molar-refractivity contribution in [3.05, 3.63) is 69.7 Å². The number of nitrogens with zero attached hydrogens (tertiary/aromatic N) is 1. The highest BCUT2D eigenvalue weighted by atomic mass is 35.5. The van der Waals surface area contributed by atoms with Crippen LogP contribution in [-0.2, 0) is 16.0 Å². The molecule has 3 rings (SSSR count). The number of anilines is 1. The number of benzene rings is 3. The number of likely N-dealkylation sites (N-methyl/N-ethyl adjacent to an activating group) is 1. The predicted octanol–water partition coefficient (Wildman–Crippen LogP) is 4.51. The molecule has 1 amide bonds. The molecule has 0 aliphatic carbocycles. The van der Waals surface area contributed by atoms with Crippen LogP contribution in [0.2, 0.25) is 10.0 Å². The van der Waals surface area contributed by atoms with Crippen molar-refractivity contribution in [1.29, 1.82) is 0 Å². The number of halogens is 2. The van der Waals surface area contributed by atoms with Gasteiger partial charge in [-0.15, -0.1) is 0 Å². The number of aliphatic carboxylic acids is 1. The Bertz CT molecular complexity index is 1180. The molecule has 0 spiro atoms. The average Bonchev–Trinajstić information content (AvgIpc) is 2.70. The normalized spacial score (nSPS) is 10.7. The maximum atomic E-state index is 12.6. The summed E-state index contributed by atoms with van der Waals surface area (Å²) in [7, 11) is 1.55. The van der Waals surface area contributed by atoms with Crippen LogP contribution in [0.3, 0.4) is 0 Å². The van der Waals surface area contributed by atoms with Crippen molar-refractivity contribution in [2.45, 2.75) is 6.42 Å². The van der Waals surface area contributed by atoms with Gasteiger partial charge in [-0.3, -0.25) is 9.59 Å². The number of aromatic carboxylic acids is 1. The molecule has 0 saturated carbocycles. The first-order valence-corrected chi connectivity index (χ1v) is 9.77. The maximum absolute atomic E-state index is 12.6. The Morgan fingerprint density at radius 1 is 1.00 bits per heavy atom. The van der Waals surface area contributed by atoms with E-state index in [0.717, 1.165) is 0 Å². The number of ether oxygens (including phenoxy) is 1. The highest BCUT2D eigenvalue weighted by Gasteiger charge is 2.17. The van der Waals surface area contributed by atoms with E-state index in [0.29, 0.717) is 27.0 Å². The van der Waals surface area contributed by atoms with Gasteiger partial charge in [0, 0.05) is 23.1 Å². The minimum Gasteiger partial charge on any atom is -0.483 e. The lowest BCUT2D eigenvalue weighted by molar-refractivity contribution is -0.136. The second kappa shape index (κ2) is 9.24. The molecule has 0 heterocycles. The molecular weight excluding hydrogens is 445 g/mol. The summed E-state index contributed by atoms with van der Waals surface area (Å²) in [6, 6.07) is 12.3. The molecule has 0 aromatic heterocycles. The highest BCUT2D eigenvalue weighted by Crippen LogP contribution is 2.36. The summed E-state index contributed by atoms with van der Waals surface area (Å²) in [4.78, 5) is 36.2. The standard InChI is InChI=1S/C22H17Cl2NO6/c1-25(16-4-2-12(3-5-16)6-20(27)28)19(26)11-31-18-9-14(22(29)30)7-13-8-15(23)10-17(24)21(13)18/h2-5,7-10H,6,11H2,1H3,(H,27,28)(H,29,30). The van der Waals surface area contributed by atoms with E-state index >= 15 is 0 Å². The van der Waals surface area contributed by atoms with Crippen molar-refractivity contribution in [2.75, 3.05) is 18.6 Å². The molecule has 0 unspecified atom stereocenters. The third kappa shape index (κ3) is 5.25. The Morgan fingerprint density at radius 3 is 2.29 bits per heavy atom. The molecule has 0 saturated heterocycles. The molecule has 0 aliphatic heterocycles. The molecule has 3 aromatic rings. The van der Waals surface area contributed by atoms with Crippen LogP contribution in [0, 0.1) is 0 Å². The van der Waals surface area contributed by atoms with Crippen molar-refractivity contribution in [3.8, 4) is 5.75 Å². The van der Waals surface area contributed by atoms with Crippen LogP contribution in [0.1, 0.15) is 15.9 Å². The van der Waals surface area contributed by atoms with Gasteiger partial charge >= 0.3 is 11.9 Å². The number of carbonyl (C=O) groups excluding carboxylic acids is 1. The lowest BCUT2D eigenvalue weighted by Crippen LogP contribution is -2.31. The van der Waals surface area contributed by atoms with Gasteiger partial charge < -0.3 is 19.8 Å². The average molecular weight is 462 g/mol. The summed E-state index contributed by atoms with van der Waals surface area (Å²) in [5.41, 5.74) is 1.13. The van der Waals surface area contributed by atoms with Crippen LogP contribution in [0.4, 0.5) is 5.69 Å². The topological polar surface area (TPSA) is 104 Å². The van der Waals surface area contributed by atoms with E-state index in [1.165, 1.54) is 23.1 Å². The lowest BCUT2D eigenvalue weighted by Gasteiger charge is -2.19. The first-order valence-electron chi connectivity index (χ1n) is 9.02. The van der Waals surface area contributed by atoms with Crippen LogP contribution in [-0.4, -0.2) is 41.7 Å². The van der Waals surface area contributed by atoms with Gasteiger partial charge in [-0.05, 0) is 47.3 Å². The molecular formula is C22H17Cl2NO6. The fraction of sp³-hybridized carbons (Fsp3) is 0.136. The number of carboxylic acid groups (broad SMARTS) is 2. The highest BCUT2D eigenvalue weighted by molar-refractivity contribution is 6.39. The second-order valence-electron chi connectivity index (χ2n) is 6.74. The van der Waals surface area contributed by atoms with E-state index in [9.17, 15) is 19.5 Å². The quantitative estimate of drug-likeness (QED) is 0.536. The number of carboxylic acids is 2. The van der Waals surface area contributed by atoms with Crippen molar-refractivity contribution >= 4 is 57.5 Å². The number of rotatable bonds is 7. The predicted molar refractivity (Wildman–Crippen MR) is 118 cm³/mol. The number of fused-ring (bicyclic) bond motifs is 1. The third-order valence-corrected chi connectivity index (χ3v) is 5.10. The van der Waals surface area contributed by atoms with E-state index in [4.69, 9.17) is 33.0 Å². The summed E-state index contributed by atoms with van der Waals surface area (Å²) in [6.07, 6.45) is -0.112. The Labute approximate surface area is 187 Å². The summed E-state index contributed by atoms with van der Waals surface area (Å²) < 4.78 is 5.65. The van der Waals surface area contributed by atoms with E-state index in [2.05, 4.69) is 0 Å². The summed E-state index contributed by atoms with van der Waals surface area (Å²) in [5, 5.41) is 19.7. The van der Waals surface area contributed by atoms with Gasteiger partial charge in [-0.25, -0.2) is 4.79 Å². The minimum atomic E-state index is -1.16. The van der Waals surface area contributed by atoms with Crippen molar-refractivity contribution in [3.63, 3.8) is 0 Å². The van der Waals surface area contributed by atoms with Crippen molar-refractivity contribution < 1.29 is 29.3 Å². The summed E-state index contributed by atoms with van der Waals surface area (Å²) in [6.45, 7) is -0.371. The largest absolute Gasteiger partial charge is 0.483 e. The monoisotopic (exact) mass is 461 g/mol. The number of amides is 1. The summed E-state index contributed by atoms with van der Waals surface area (Å²) in [5.74, 6) is -2.35. The Hall–Kier alpha value is -3.29. The van der Waals surface area contributed by atoms with E-state index in [-0.39, 0.29) is 29.4 Å². The Balaban J connectivity index is 1.82. The molecule has 0 fully saturated rings. The lowest BCUT2D eigenvalue weighted by atomic mass is 10.1. The SMILES string of the molecule is CN(C(=O)COc1cc(C(=O)O)cc2cc(Cl)cc(Cl)c12)c1ccc(CC(=O)O)cc1. The minimum absolute atomic E-state index is 0.0318. The molecule has 3 aromatic carbocycles.